The van der Waals surface area contributed by atoms with Crippen LogP contribution in [-0.4, -0.2) is 24.9 Å². The highest BCUT2D eigenvalue weighted by Gasteiger charge is 2.20. The molecule has 5 heteroatoms. The van der Waals surface area contributed by atoms with Crippen molar-refractivity contribution in [1.29, 1.82) is 0 Å². The SMILES string of the molecule is OC1CCCc2c1ccn2CCc1ncn[nH]1. The maximum absolute atomic E-state index is 9.89. The summed E-state index contributed by atoms with van der Waals surface area (Å²) in [5.41, 5.74) is 2.39. The lowest BCUT2D eigenvalue weighted by molar-refractivity contribution is 0.155. The smallest absolute Gasteiger partial charge is 0.137 e. The molecule has 2 aromatic rings. The number of aromatic amines is 1. The number of fused-ring (bicyclic) bond motifs is 1. The van der Waals surface area contributed by atoms with Gasteiger partial charge in [0.25, 0.3) is 0 Å². The molecule has 2 aromatic heterocycles. The minimum Gasteiger partial charge on any atom is -0.388 e. The standard InChI is InChI=1S/C12H16N4O/c17-11-3-1-2-10-9(11)4-6-16(10)7-5-12-13-8-14-15-12/h4,6,8,11,17H,1-3,5,7H2,(H,13,14,15). The molecule has 0 aromatic carbocycles. The molecule has 0 bridgehead atoms. The number of nitrogens with zero attached hydrogens (tertiary/aromatic N) is 3. The molecule has 17 heavy (non-hydrogen) atoms. The minimum absolute atomic E-state index is 0.273. The summed E-state index contributed by atoms with van der Waals surface area (Å²) < 4.78 is 2.22. The first-order valence-corrected chi connectivity index (χ1v) is 6.05. The lowest BCUT2D eigenvalue weighted by Crippen LogP contribution is -2.13. The summed E-state index contributed by atoms with van der Waals surface area (Å²) in [6, 6.07) is 2.04. The molecule has 5 nitrogen and oxygen atoms in total. The van der Waals surface area contributed by atoms with E-state index in [1.54, 1.807) is 0 Å². The van der Waals surface area contributed by atoms with Gasteiger partial charge in [0, 0.05) is 30.4 Å². The predicted octanol–water partition coefficient (Wildman–Crippen LogP) is 1.22. The van der Waals surface area contributed by atoms with Crippen LogP contribution in [0.3, 0.4) is 0 Å². The number of aromatic nitrogens is 4. The van der Waals surface area contributed by atoms with Crippen molar-refractivity contribution in [2.75, 3.05) is 0 Å². The van der Waals surface area contributed by atoms with Crippen molar-refractivity contribution in [3.05, 3.63) is 35.7 Å². The largest absolute Gasteiger partial charge is 0.388 e. The number of hydrogen-bond acceptors (Lipinski definition) is 3. The van der Waals surface area contributed by atoms with Gasteiger partial charge in [-0.25, -0.2) is 4.98 Å². The van der Waals surface area contributed by atoms with Crippen LogP contribution in [0.4, 0.5) is 0 Å². The first-order chi connectivity index (χ1) is 8.34. The first kappa shape index (κ1) is 10.5. The monoisotopic (exact) mass is 232 g/mol. The van der Waals surface area contributed by atoms with Crippen molar-refractivity contribution < 1.29 is 5.11 Å². The Balaban J connectivity index is 1.75. The molecule has 1 unspecified atom stereocenters. The van der Waals surface area contributed by atoms with Gasteiger partial charge >= 0.3 is 0 Å². The Hall–Kier alpha value is -1.62. The molecule has 2 N–H and O–H groups in total. The summed E-state index contributed by atoms with van der Waals surface area (Å²) in [5.74, 6) is 0.906. The normalized spacial score (nSPS) is 19.2. The lowest BCUT2D eigenvalue weighted by atomic mass is 9.95. The van der Waals surface area contributed by atoms with Crippen LogP contribution in [0.5, 0.6) is 0 Å². The van der Waals surface area contributed by atoms with E-state index < -0.39 is 0 Å². The zero-order valence-corrected chi connectivity index (χ0v) is 9.63. The molecule has 0 radical (unpaired) electrons. The Morgan fingerprint density at radius 2 is 2.47 bits per heavy atom. The maximum atomic E-state index is 9.89. The summed E-state index contributed by atoms with van der Waals surface area (Å²) in [6.07, 6.45) is 7.19. The molecule has 1 aliphatic carbocycles. The molecular formula is C12H16N4O. The third kappa shape index (κ3) is 1.98. The van der Waals surface area contributed by atoms with Crippen molar-refractivity contribution in [3.8, 4) is 0 Å². The van der Waals surface area contributed by atoms with Crippen LogP contribution in [0.25, 0.3) is 0 Å². The van der Waals surface area contributed by atoms with Crippen molar-refractivity contribution in [2.45, 2.75) is 38.3 Å². The number of hydrogen-bond donors (Lipinski definition) is 2. The average Bonchev–Trinajstić information content (AvgIpc) is 2.95. The molecule has 0 fully saturated rings. The fraction of sp³-hybridized carbons (Fsp3) is 0.500. The van der Waals surface area contributed by atoms with E-state index >= 15 is 0 Å². The lowest BCUT2D eigenvalue weighted by Gasteiger charge is -2.20. The Bertz CT molecular complexity index is 489. The van der Waals surface area contributed by atoms with E-state index in [4.69, 9.17) is 0 Å². The number of rotatable bonds is 3. The number of nitrogens with one attached hydrogen (secondary N) is 1. The van der Waals surface area contributed by atoms with Gasteiger partial charge in [0.2, 0.25) is 0 Å². The van der Waals surface area contributed by atoms with Gasteiger partial charge in [-0.2, -0.15) is 5.10 Å². The second-order valence-corrected chi connectivity index (χ2v) is 4.50. The first-order valence-electron chi connectivity index (χ1n) is 6.05. The second kappa shape index (κ2) is 4.33. The van der Waals surface area contributed by atoms with E-state index in [-0.39, 0.29) is 6.10 Å². The molecule has 2 heterocycles. The van der Waals surface area contributed by atoms with Crippen molar-refractivity contribution in [1.82, 2.24) is 19.7 Å². The Kier molecular flexibility index (Phi) is 2.68. The highest BCUT2D eigenvalue weighted by Crippen LogP contribution is 2.30. The van der Waals surface area contributed by atoms with E-state index in [2.05, 4.69) is 25.9 Å². The fourth-order valence-electron chi connectivity index (χ4n) is 2.52. The Morgan fingerprint density at radius 3 is 3.29 bits per heavy atom. The Labute approximate surface area is 99.5 Å². The van der Waals surface area contributed by atoms with Crippen LogP contribution in [0.15, 0.2) is 18.6 Å². The molecule has 0 saturated carbocycles. The zero-order valence-electron chi connectivity index (χ0n) is 9.63. The fourth-order valence-corrected chi connectivity index (χ4v) is 2.52. The van der Waals surface area contributed by atoms with Crippen LogP contribution in [0.1, 0.15) is 36.0 Å². The molecule has 0 spiro atoms. The molecule has 0 saturated heterocycles. The van der Waals surface area contributed by atoms with Crippen LogP contribution in [0.2, 0.25) is 0 Å². The highest BCUT2D eigenvalue weighted by molar-refractivity contribution is 5.27. The van der Waals surface area contributed by atoms with Gasteiger partial charge in [-0.1, -0.05) is 0 Å². The van der Waals surface area contributed by atoms with Crippen molar-refractivity contribution in [3.63, 3.8) is 0 Å². The molecule has 90 valence electrons. The van der Waals surface area contributed by atoms with E-state index in [0.717, 1.165) is 43.6 Å². The van der Waals surface area contributed by atoms with E-state index in [1.165, 1.54) is 12.0 Å². The van der Waals surface area contributed by atoms with Gasteiger partial charge in [-0.15, -0.1) is 0 Å². The molecule has 1 atom stereocenters. The van der Waals surface area contributed by atoms with Gasteiger partial charge in [0.1, 0.15) is 12.2 Å². The molecule has 3 rings (SSSR count). The van der Waals surface area contributed by atoms with Gasteiger partial charge in [-0.05, 0) is 25.3 Å². The van der Waals surface area contributed by atoms with Crippen molar-refractivity contribution in [2.24, 2.45) is 0 Å². The summed E-state index contributed by atoms with van der Waals surface area (Å²) in [4.78, 5) is 4.11. The average molecular weight is 232 g/mol. The van der Waals surface area contributed by atoms with E-state index in [0.29, 0.717) is 0 Å². The van der Waals surface area contributed by atoms with Gasteiger partial charge in [0.15, 0.2) is 0 Å². The van der Waals surface area contributed by atoms with E-state index in [1.807, 2.05) is 6.07 Å². The summed E-state index contributed by atoms with van der Waals surface area (Å²) >= 11 is 0. The Morgan fingerprint density at radius 1 is 1.53 bits per heavy atom. The number of aryl methyl sites for hydroxylation is 2. The second-order valence-electron chi connectivity index (χ2n) is 4.50. The minimum atomic E-state index is -0.273. The molecule has 0 amide bonds. The van der Waals surface area contributed by atoms with Crippen molar-refractivity contribution >= 4 is 0 Å². The third-order valence-electron chi connectivity index (χ3n) is 3.42. The van der Waals surface area contributed by atoms with Crippen LogP contribution < -0.4 is 0 Å². The number of aliphatic hydroxyl groups excluding tert-OH is 1. The summed E-state index contributed by atoms with van der Waals surface area (Å²) in [6.45, 7) is 0.886. The number of H-pyrrole nitrogens is 1. The maximum Gasteiger partial charge on any atom is 0.137 e. The zero-order chi connectivity index (χ0) is 11.7. The summed E-state index contributed by atoms with van der Waals surface area (Å²) in [5, 5.41) is 16.6. The number of aliphatic hydroxyl groups is 1. The molecule has 0 aliphatic heterocycles. The van der Waals surface area contributed by atoms with E-state index in [9.17, 15) is 5.11 Å². The topological polar surface area (TPSA) is 66.7 Å². The van der Waals surface area contributed by atoms with Crippen LogP contribution >= 0.6 is 0 Å². The third-order valence-corrected chi connectivity index (χ3v) is 3.42. The molecular weight excluding hydrogens is 216 g/mol. The van der Waals surface area contributed by atoms with Gasteiger partial charge in [0.05, 0.1) is 6.10 Å². The van der Waals surface area contributed by atoms with Crippen LogP contribution in [-0.2, 0) is 19.4 Å². The van der Waals surface area contributed by atoms with Gasteiger partial charge in [-0.3, -0.25) is 5.10 Å². The van der Waals surface area contributed by atoms with Gasteiger partial charge < -0.3 is 9.67 Å². The highest BCUT2D eigenvalue weighted by atomic mass is 16.3. The summed E-state index contributed by atoms with van der Waals surface area (Å²) in [7, 11) is 0. The van der Waals surface area contributed by atoms with Crippen LogP contribution in [0, 0.1) is 0 Å². The quantitative estimate of drug-likeness (QED) is 0.836. The predicted molar refractivity (Wildman–Crippen MR) is 62.4 cm³/mol. The molecule has 1 aliphatic rings.